The maximum Gasteiger partial charge on any atom is 0.320 e. The van der Waals surface area contributed by atoms with Crippen LogP contribution in [0.25, 0.3) is 0 Å². The van der Waals surface area contributed by atoms with Crippen molar-refractivity contribution < 1.29 is 28.7 Å². The predicted octanol–water partition coefficient (Wildman–Crippen LogP) is 2.89. The van der Waals surface area contributed by atoms with Crippen LogP contribution in [0.1, 0.15) is 52.0 Å². The van der Waals surface area contributed by atoms with Crippen molar-refractivity contribution in [1.82, 2.24) is 25.0 Å². The molecule has 6 amide bonds. The van der Waals surface area contributed by atoms with E-state index in [9.17, 15) is 24.0 Å². The van der Waals surface area contributed by atoms with Gasteiger partial charge in [-0.1, -0.05) is 18.2 Å². The normalized spacial score (nSPS) is 25.8. The van der Waals surface area contributed by atoms with Crippen molar-refractivity contribution in [1.29, 1.82) is 0 Å². The molecular formula is C42H42N10O6. The average molecular weight is 783 g/mol. The Bertz CT molecular complexity index is 2300. The summed E-state index contributed by atoms with van der Waals surface area (Å²) in [4.78, 5) is 80.4. The number of para-hydroxylation sites is 1. The molecule has 3 N–H and O–H groups in total. The van der Waals surface area contributed by atoms with Gasteiger partial charge in [-0.2, -0.15) is 5.10 Å². The molecule has 4 atom stereocenters. The van der Waals surface area contributed by atoms with Crippen LogP contribution in [0.3, 0.4) is 0 Å². The molecule has 0 aromatic heterocycles. The number of hydrazone groups is 1. The number of urea groups is 1. The predicted molar refractivity (Wildman–Crippen MR) is 213 cm³/mol. The standard InChI is InChI=1S/C42H42N10O6/c43-37-35-36(24-8-11-30(12-9-24)58-29-6-2-1-3-7-29)47-52(38(35)45-23-44-37)28-5-4-16-48(22-28)42(57)50-20-26(21-50)25-18-49(19-25)27-10-13-31-32(17-27)41(56)51(40(31)55)33-14-15-34(53)46-39(33)54/h1-3,6-13,17,23,25-26,28,33,35,38H,4-5,14-16,18-22H2,(H2,43,44,45)(H,46,53,54)/t28-,33?,35?,38?/m1/s1. The number of hydrogen-bond acceptors (Lipinski definition) is 12. The van der Waals surface area contributed by atoms with Crippen LogP contribution in [0.4, 0.5) is 10.5 Å². The average Bonchev–Trinajstić information content (AvgIpc) is 3.71. The van der Waals surface area contributed by atoms with E-state index in [2.05, 4.69) is 15.2 Å². The number of ether oxygens (including phenoxy) is 1. The van der Waals surface area contributed by atoms with Crippen LogP contribution in [-0.2, 0) is 9.59 Å². The number of amidine groups is 1. The molecule has 0 aliphatic carbocycles. The molecule has 4 saturated heterocycles. The van der Waals surface area contributed by atoms with E-state index in [0.29, 0.717) is 49.6 Å². The van der Waals surface area contributed by atoms with E-state index in [1.165, 1.54) is 6.34 Å². The second-order valence-corrected chi connectivity index (χ2v) is 16.0. The van der Waals surface area contributed by atoms with Crippen molar-refractivity contribution in [2.75, 3.05) is 44.2 Å². The Hall–Kier alpha value is -6.58. The summed E-state index contributed by atoms with van der Waals surface area (Å²) in [6.07, 6.45) is 3.09. The fourth-order valence-electron chi connectivity index (χ4n) is 9.28. The molecule has 7 heterocycles. The molecule has 296 valence electrons. The van der Waals surface area contributed by atoms with Crippen LogP contribution in [0.2, 0.25) is 0 Å². The SMILES string of the molecule is NC1=NC=NC2C1C(c1ccc(Oc3ccccc3)cc1)=NN2[C@@H]1CCCN(C(=O)N2CC(C3CN(c4ccc5c(c4)C(=O)N(C4CCC(=O)NC4=O)C5=O)C3)C2)C1. The second kappa shape index (κ2) is 14.1. The van der Waals surface area contributed by atoms with Crippen LogP contribution >= 0.6 is 0 Å². The van der Waals surface area contributed by atoms with Crippen molar-refractivity contribution in [3.05, 3.63) is 89.5 Å². The van der Waals surface area contributed by atoms with Crippen LogP contribution in [0.5, 0.6) is 11.5 Å². The number of likely N-dealkylation sites (tertiary alicyclic amines) is 2. The van der Waals surface area contributed by atoms with Gasteiger partial charge in [-0.25, -0.2) is 14.8 Å². The summed E-state index contributed by atoms with van der Waals surface area (Å²) in [6.45, 7) is 4.16. The Morgan fingerprint density at radius 1 is 0.810 bits per heavy atom. The van der Waals surface area contributed by atoms with Gasteiger partial charge in [-0.15, -0.1) is 0 Å². The Morgan fingerprint density at radius 3 is 2.33 bits per heavy atom. The van der Waals surface area contributed by atoms with Gasteiger partial charge in [0.15, 0.2) is 6.17 Å². The lowest BCUT2D eigenvalue weighted by Crippen LogP contribution is -2.63. The molecule has 7 aliphatic heterocycles. The highest BCUT2D eigenvalue weighted by molar-refractivity contribution is 6.24. The number of nitrogens with one attached hydrogen (secondary N) is 1. The first kappa shape index (κ1) is 35.8. The first-order chi connectivity index (χ1) is 28.2. The van der Waals surface area contributed by atoms with E-state index < -0.39 is 29.7 Å². The van der Waals surface area contributed by atoms with Crippen LogP contribution in [0.15, 0.2) is 87.9 Å². The highest BCUT2D eigenvalue weighted by Crippen LogP contribution is 2.38. The number of nitrogens with two attached hydrogens (primary N) is 1. The minimum absolute atomic E-state index is 0.0331. The molecule has 0 bridgehead atoms. The maximum atomic E-state index is 13.8. The Morgan fingerprint density at radius 2 is 1.55 bits per heavy atom. The summed E-state index contributed by atoms with van der Waals surface area (Å²) < 4.78 is 6.00. The number of rotatable bonds is 7. The molecule has 16 heteroatoms. The van der Waals surface area contributed by atoms with Gasteiger partial charge in [-0.05, 0) is 79.4 Å². The van der Waals surface area contributed by atoms with Gasteiger partial charge in [0.1, 0.15) is 35.6 Å². The topological polar surface area (TPSA) is 186 Å². The molecule has 0 saturated carbocycles. The lowest BCUT2D eigenvalue weighted by atomic mass is 9.80. The number of nitrogens with zero attached hydrogens (tertiary/aromatic N) is 8. The molecule has 16 nitrogen and oxygen atoms in total. The Kier molecular flexibility index (Phi) is 8.71. The molecule has 58 heavy (non-hydrogen) atoms. The summed E-state index contributed by atoms with van der Waals surface area (Å²) >= 11 is 0. The number of carbonyl (C=O) groups excluding carboxylic acids is 5. The number of benzene rings is 3. The molecule has 0 radical (unpaired) electrons. The Balaban J connectivity index is 0.746. The van der Waals surface area contributed by atoms with E-state index in [1.54, 1.807) is 12.1 Å². The van der Waals surface area contributed by atoms with E-state index in [1.807, 2.05) is 75.5 Å². The minimum Gasteiger partial charge on any atom is -0.457 e. The number of imide groups is 2. The van der Waals surface area contributed by atoms with Gasteiger partial charge >= 0.3 is 6.03 Å². The van der Waals surface area contributed by atoms with Gasteiger partial charge in [0.2, 0.25) is 11.8 Å². The van der Waals surface area contributed by atoms with Crippen molar-refractivity contribution in [3.8, 4) is 11.5 Å². The molecule has 4 fully saturated rings. The number of carbonyl (C=O) groups is 5. The summed E-state index contributed by atoms with van der Waals surface area (Å²) in [5.41, 5.74) is 9.58. The smallest absolute Gasteiger partial charge is 0.320 e. The van der Waals surface area contributed by atoms with E-state index in [4.69, 9.17) is 20.6 Å². The van der Waals surface area contributed by atoms with E-state index in [0.717, 1.165) is 53.5 Å². The molecule has 0 spiro atoms. The highest BCUT2D eigenvalue weighted by Gasteiger charge is 2.48. The zero-order valence-corrected chi connectivity index (χ0v) is 31.6. The first-order valence-corrected chi connectivity index (χ1v) is 19.9. The van der Waals surface area contributed by atoms with E-state index >= 15 is 0 Å². The zero-order chi connectivity index (χ0) is 39.7. The quantitative estimate of drug-likeness (QED) is 0.340. The lowest BCUT2D eigenvalue weighted by Gasteiger charge is -2.52. The third-order valence-electron chi connectivity index (χ3n) is 12.5. The third-order valence-corrected chi connectivity index (χ3v) is 12.5. The monoisotopic (exact) mass is 782 g/mol. The van der Waals surface area contributed by atoms with Crippen molar-refractivity contribution in [3.63, 3.8) is 0 Å². The third kappa shape index (κ3) is 6.14. The molecule has 3 aromatic carbocycles. The largest absolute Gasteiger partial charge is 0.457 e. The summed E-state index contributed by atoms with van der Waals surface area (Å²) in [6, 6.07) is 21.7. The molecule has 7 aliphatic rings. The Labute approximate surface area is 334 Å². The van der Waals surface area contributed by atoms with E-state index in [-0.39, 0.29) is 48.1 Å². The minimum atomic E-state index is -0.993. The van der Waals surface area contributed by atoms with Crippen LogP contribution in [0, 0.1) is 17.8 Å². The van der Waals surface area contributed by atoms with Gasteiger partial charge in [0.05, 0.1) is 22.9 Å². The van der Waals surface area contributed by atoms with Crippen LogP contribution < -0.4 is 20.7 Å². The summed E-state index contributed by atoms with van der Waals surface area (Å²) in [7, 11) is 0. The highest BCUT2D eigenvalue weighted by atomic mass is 16.5. The summed E-state index contributed by atoms with van der Waals surface area (Å²) in [5.74, 6) is 0.349. The molecule has 3 unspecified atom stereocenters. The zero-order valence-electron chi connectivity index (χ0n) is 31.6. The number of amides is 6. The number of aliphatic imine (C=N–C) groups is 2. The lowest BCUT2D eigenvalue weighted by molar-refractivity contribution is -0.136. The molecule has 3 aromatic rings. The number of piperidine rings is 2. The van der Waals surface area contributed by atoms with Gasteiger partial charge in [0.25, 0.3) is 11.8 Å². The van der Waals surface area contributed by atoms with Crippen LogP contribution in [-0.4, -0.2) is 125 Å². The fraction of sp³-hybridized carbons (Fsp3) is 0.381. The summed E-state index contributed by atoms with van der Waals surface area (Å²) in [5, 5.41) is 9.38. The number of hydrogen-bond donors (Lipinski definition) is 2. The van der Waals surface area contributed by atoms with Crippen molar-refractivity contribution in [2.45, 2.75) is 43.9 Å². The van der Waals surface area contributed by atoms with Gasteiger partial charge < -0.3 is 25.2 Å². The molecule has 10 rings (SSSR count). The number of fused-ring (bicyclic) bond motifs is 2. The number of anilines is 1. The van der Waals surface area contributed by atoms with Crippen molar-refractivity contribution >= 4 is 53.2 Å². The first-order valence-electron chi connectivity index (χ1n) is 19.9. The van der Waals surface area contributed by atoms with Gasteiger partial charge in [-0.3, -0.25) is 34.4 Å². The van der Waals surface area contributed by atoms with Crippen molar-refractivity contribution in [2.24, 2.45) is 38.6 Å². The fourth-order valence-corrected chi connectivity index (χ4v) is 9.28. The second-order valence-electron chi connectivity index (χ2n) is 16.0. The molecular weight excluding hydrogens is 741 g/mol. The maximum absolute atomic E-state index is 13.8. The van der Waals surface area contributed by atoms with Gasteiger partial charge in [0, 0.05) is 63.2 Å².